The SMILES string of the molecule is Cc1ccc2c(c1)C13CCCCC1(CCCC3)c1cc(C)ccc1-2. The molecule has 24 heavy (non-hydrogen) atoms. The summed E-state index contributed by atoms with van der Waals surface area (Å²) < 4.78 is 0. The first kappa shape index (κ1) is 14.8. The molecule has 0 heterocycles. The molecule has 5 rings (SSSR count). The van der Waals surface area contributed by atoms with Crippen LogP contribution in [0.5, 0.6) is 0 Å². The first-order valence-corrected chi connectivity index (χ1v) is 9.89. The Morgan fingerprint density at radius 3 is 1.33 bits per heavy atom. The number of aryl methyl sites for hydroxylation is 2. The van der Waals surface area contributed by atoms with Gasteiger partial charge in [0, 0.05) is 10.8 Å². The molecule has 3 aliphatic rings. The summed E-state index contributed by atoms with van der Waals surface area (Å²) in [6.45, 7) is 4.55. The predicted molar refractivity (Wildman–Crippen MR) is 102 cm³/mol. The Balaban J connectivity index is 1.91. The molecular weight excluding hydrogens is 288 g/mol. The van der Waals surface area contributed by atoms with E-state index in [1.165, 1.54) is 73.6 Å². The van der Waals surface area contributed by atoms with Crippen molar-refractivity contribution >= 4 is 0 Å². The molecule has 2 fully saturated rings. The first-order chi connectivity index (χ1) is 11.7. The van der Waals surface area contributed by atoms with Gasteiger partial charge in [-0.2, -0.15) is 0 Å². The minimum absolute atomic E-state index is 0.408. The summed E-state index contributed by atoms with van der Waals surface area (Å²) in [7, 11) is 0. The topological polar surface area (TPSA) is 0 Å². The van der Waals surface area contributed by atoms with Crippen molar-refractivity contribution in [3.05, 3.63) is 58.7 Å². The Kier molecular flexibility index (Phi) is 3.06. The third-order valence-electron chi connectivity index (χ3n) is 7.50. The highest BCUT2D eigenvalue weighted by molar-refractivity contribution is 5.79. The second-order valence-electron chi connectivity index (χ2n) is 8.68. The number of benzene rings is 2. The molecule has 0 saturated heterocycles. The van der Waals surface area contributed by atoms with Gasteiger partial charge in [-0.15, -0.1) is 0 Å². The van der Waals surface area contributed by atoms with E-state index in [-0.39, 0.29) is 0 Å². The minimum Gasteiger partial charge on any atom is -0.0587 e. The van der Waals surface area contributed by atoms with Crippen molar-refractivity contribution in [2.45, 2.75) is 76.0 Å². The van der Waals surface area contributed by atoms with Crippen LogP contribution in [-0.2, 0) is 10.8 Å². The molecule has 0 amide bonds. The Morgan fingerprint density at radius 1 is 0.583 bits per heavy atom. The van der Waals surface area contributed by atoms with Crippen LogP contribution in [0.4, 0.5) is 0 Å². The van der Waals surface area contributed by atoms with Gasteiger partial charge in [0.15, 0.2) is 0 Å². The number of rotatable bonds is 0. The maximum absolute atomic E-state index is 2.55. The maximum Gasteiger partial charge on any atom is 0.00562 e. The zero-order valence-electron chi connectivity index (χ0n) is 15.1. The first-order valence-electron chi connectivity index (χ1n) is 9.89. The molecule has 0 spiro atoms. The lowest BCUT2D eigenvalue weighted by atomic mass is 9.42. The molecule has 0 radical (unpaired) electrons. The summed E-state index contributed by atoms with van der Waals surface area (Å²) >= 11 is 0. The fraction of sp³-hybridized carbons (Fsp3) is 0.500. The Bertz CT molecular complexity index is 729. The molecule has 0 N–H and O–H groups in total. The standard InChI is InChI=1S/C24H28/c1-17-7-9-19-20-10-8-18(2)16-22(20)24-13-5-3-11-23(24,21(19)15-17)12-4-6-14-24/h7-10,15-16H,3-6,11-14H2,1-2H3. The van der Waals surface area contributed by atoms with E-state index in [9.17, 15) is 0 Å². The van der Waals surface area contributed by atoms with Crippen LogP contribution in [0.25, 0.3) is 11.1 Å². The smallest absolute Gasteiger partial charge is 0.00562 e. The molecule has 0 aromatic heterocycles. The molecule has 2 aromatic carbocycles. The fourth-order valence-corrected chi connectivity index (χ4v) is 6.55. The van der Waals surface area contributed by atoms with Gasteiger partial charge in [-0.25, -0.2) is 0 Å². The molecular formula is C24H28. The molecule has 124 valence electrons. The largest absolute Gasteiger partial charge is 0.0587 e. The summed E-state index contributed by atoms with van der Waals surface area (Å²) in [6.07, 6.45) is 11.3. The summed E-state index contributed by atoms with van der Waals surface area (Å²) in [5.74, 6) is 0. The Labute approximate surface area is 146 Å². The number of fused-ring (bicyclic) bond motifs is 3. The van der Waals surface area contributed by atoms with E-state index in [0.717, 1.165) is 0 Å². The van der Waals surface area contributed by atoms with Gasteiger partial charge in [-0.3, -0.25) is 0 Å². The lowest BCUT2D eigenvalue weighted by molar-refractivity contribution is 0.0790. The van der Waals surface area contributed by atoms with E-state index in [2.05, 4.69) is 50.2 Å². The van der Waals surface area contributed by atoms with E-state index < -0.39 is 0 Å². The quantitative estimate of drug-likeness (QED) is 0.513. The van der Waals surface area contributed by atoms with Crippen LogP contribution in [0.3, 0.4) is 0 Å². The Morgan fingerprint density at radius 2 is 0.958 bits per heavy atom. The van der Waals surface area contributed by atoms with Gasteiger partial charge < -0.3 is 0 Å². The van der Waals surface area contributed by atoms with Gasteiger partial charge in [0.1, 0.15) is 0 Å². The van der Waals surface area contributed by atoms with E-state index in [1.807, 2.05) is 0 Å². The molecule has 3 aliphatic carbocycles. The van der Waals surface area contributed by atoms with E-state index in [4.69, 9.17) is 0 Å². The van der Waals surface area contributed by atoms with Gasteiger partial charge in [-0.1, -0.05) is 73.2 Å². The van der Waals surface area contributed by atoms with Crippen LogP contribution < -0.4 is 0 Å². The van der Waals surface area contributed by atoms with Crippen LogP contribution in [0.15, 0.2) is 36.4 Å². The van der Waals surface area contributed by atoms with Crippen LogP contribution in [0, 0.1) is 13.8 Å². The Hall–Kier alpha value is -1.56. The zero-order valence-corrected chi connectivity index (χ0v) is 15.1. The fourth-order valence-electron chi connectivity index (χ4n) is 6.55. The van der Waals surface area contributed by atoms with Gasteiger partial charge >= 0.3 is 0 Å². The summed E-state index contributed by atoms with van der Waals surface area (Å²) in [5.41, 5.74) is 10.1. The normalized spacial score (nSPS) is 30.8. The van der Waals surface area contributed by atoms with Crippen molar-refractivity contribution in [2.24, 2.45) is 0 Å². The van der Waals surface area contributed by atoms with Crippen molar-refractivity contribution in [3.63, 3.8) is 0 Å². The van der Waals surface area contributed by atoms with Crippen LogP contribution in [0.2, 0.25) is 0 Å². The highest BCUT2D eigenvalue weighted by atomic mass is 14.6. The molecule has 0 aliphatic heterocycles. The highest BCUT2D eigenvalue weighted by Gasteiger charge is 2.58. The summed E-state index contributed by atoms with van der Waals surface area (Å²) in [6, 6.07) is 14.6. The van der Waals surface area contributed by atoms with E-state index in [1.54, 1.807) is 11.1 Å². The second kappa shape index (κ2) is 4.97. The predicted octanol–water partition coefficient (Wildman–Crippen LogP) is 6.61. The average molecular weight is 316 g/mol. The van der Waals surface area contributed by atoms with Crippen molar-refractivity contribution in [3.8, 4) is 11.1 Å². The average Bonchev–Trinajstić information content (AvgIpc) is 2.61. The minimum atomic E-state index is 0.408. The van der Waals surface area contributed by atoms with Crippen molar-refractivity contribution in [1.29, 1.82) is 0 Å². The molecule has 2 saturated carbocycles. The third kappa shape index (κ3) is 1.70. The lowest BCUT2D eigenvalue weighted by Crippen LogP contribution is -2.55. The van der Waals surface area contributed by atoms with Gasteiger partial charge in [-0.05, 0) is 61.8 Å². The van der Waals surface area contributed by atoms with Gasteiger partial charge in [0.05, 0.1) is 0 Å². The summed E-state index contributed by atoms with van der Waals surface area (Å²) in [5, 5.41) is 0. The van der Waals surface area contributed by atoms with Gasteiger partial charge in [0.25, 0.3) is 0 Å². The van der Waals surface area contributed by atoms with Crippen molar-refractivity contribution in [2.75, 3.05) is 0 Å². The van der Waals surface area contributed by atoms with Crippen LogP contribution in [0.1, 0.15) is 73.6 Å². The molecule has 0 atom stereocenters. The molecule has 0 bridgehead atoms. The highest BCUT2D eigenvalue weighted by Crippen LogP contribution is 2.66. The monoisotopic (exact) mass is 316 g/mol. The van der Waals surface area contributed by atoms with Crippen LogP contribution >= 0.6 is 0 Å². The third-order valence-corrected chi connectivity index (χ3v) is 7.50. The maximum atomic E-state index is 2.55. The zero-order chi connectivity index (χ0) is 16.4. The summed E-state index contributed by atoms with van der Waals surface area (Å²) in [4.78, 5) is 0. The molecule has 0 unspecified atom stereocenters. The van der Waals surface area contributed by atoms with E-state index >= 15 is 0 Å². The van der Waals surface area contributed by atoms with Crippen molar-refractivity contribution < 1.29 is 0 Å². The number of hydrogen-bond acceptors (Lipinski definition) is 0. The van der Waals surface area contributed by atoms with Crippen LogP contribution in [-0.4, -0.2) is 0 Å². The molecule has 0 nitrogen and oxygen atoms in total. The van der Waals surface area contributed by atoms with E-state index in [0.29, 0.717) is 10.8 Å². The second-order valence-corrected chi connectivity index (χ2v) is 8.68. The lowest BCUT2D eigenvalue weighted by Gasteiger charge is -2.61. The molecule has 2 aromatic rings. The molecule has 0 heteroatoms. The van der Waals surface area contributed by atoms with Crippen molar-refractivity contribution in [1.82, 2.24) is 0 Å². The number of hydrogen-bond donors (Lipinski definition) is 0. The van der Waals surface area contributed by atoms with Gasteiger partial charge in [0.2, 0.25) is 0 Å².